The first-order chi connectivity index (χ1) is 17.3. The molecule has 4 aromatic rings. The number of amides is 2. The third-order valence-electron chi connectivity index (χ3n) is 5.20. The minimum Gasteiger partial charge on any atom is -0.497 e. The molecule has 3 aromatic carbocycles. The third-order valence-corrected chi connectivity index (χ3v) is 6.72. The highest BCUT2D eigenvalue weighted by Gasteiger charge is 2.18. The summed E-state index contributed by atoms with van der Waals surface area (Å²) in [5.41, 5.74) is 3.20. The molecular weight excluding hydrogens is 524 g/mol. The van der Waals surface area contributed by atoms with Crippen LogP contribution >= 0.6 is 35.0 Å². The number of hydrogen-bond acceptors (Lipinski definition) is 5. The molecule has 0 saturated carbocycles. The first-order valence-corrected chi connectivity index (χ1v) is 12.5. The molecule has 11 heteroatoms. The van der Waals surface area contributed by atoms with Crippen LogP contribution in [0.25, 0.3) is 5.69 Å². The fraction of sp³-hybridized carbons (Fsp3) is 0.160. The van der Waals surface area contributed by atoms with E-state index < -0.39 is 11.8 Å². The standard InChI is InChI=1S/C25H22Cl2FN5O2S/c1-15-6-7-17(26)11-22(15)33-23(13-29-24(34)30-18-8-9-21(28)20(27)12-18)31-32-25(33)36-14-16-4-3-5-19(10-16)35-2/h3-12H,13-14H2,1-2H3,(H2,29,30,34). The lowest BCUT2D eigenvalue weighted by Gasteiger charge is -2.14. The number of rotatable bonds is 8. The predicted molar refractivity (Wildman–Crippen MR) is 141 cm³/mol. The van der Waals surface area contributed by atoms with Crippen LogP contribution in [0.1, 0.15) is 17.0 Å². The molecule has 0 bridgehead atoms. The number of hydrogen-bond donors (Lipinski definition) is 2. The molecule has 36 heavy (non-hydrogen) atoms. The van der Waals surface area contributed by atoms with Crippen molar-refractivity contribution in [3.8, 4) is 11.4 Å². The summed E-state index contributed by atoms with van der Waals surface area (Å²) in [5, 5.41) is 15.2. The maximum absolute atomic E-state index is 13.4. The minimum atomic E-state index is -0.563. The summed E-state index contributed by atoms with van der Waals surface area (Å²) in [4.78, 5) is 12.5. The molecule has 0 aliphatic heterocycles. The average molecular weight is 546 g/mol. The highest BCUT2D eigenvalue weighted by molar-refractivity contribution is 7.98. The number of urea groups is 1. The highest BCUT2D eigenvalue weighted by Crippen LogP contribution is 2.29. The summed E-state index contributed by atoms with van der Waals surface area (Å²) in [6.07, 6.45) is 0. The SMILES string of the molecule is COc1cccc(CSc2nnc(CNC(=O)Nc3ccc(F)c(Cl)c3)n2-c2cc(Cl)ccc2C)c1. The number of carbonyl (C=O) groups is 1. The predicted octanol–water partition coefficient (Wildman–Crippen LogP) is 6.64. The molecule has 186 valence electrons. The zero-order valence-corrected chi connectivity index (χ0v) is 21.7. The largest absolute Gasteiger partial charge is 0.497 e. The summed E-state index contributed by atoms with van der Waals surface area (Å²) < 4.78 is 20.6. The second-order valence-electron chi connectivity index (χ2n) is 7.74. The minimum absolute atomic E-state index is 0.0818. The van der Waals surface area contributed by atoms with Gasteiger partial charge in [0.2, 0.25) is 0 Å². The van der Waals surface area contributed by atoms with Crippen molar-refractivity contribution in [3.05, 3.63) is 93.5 Å². The molecule has 0 saturated heterocycles. The maximum atomic E-state index is 13.4. The number of carbonyl (C=O) groups excluding carboxylic acids is 1. The highest BCUT2D eigenvalue weighted by atomic mass is 35.5. The van der Waals surface area contributed by atoms with Crippen LogP contribution in [0.2, 0.25) is 10.0 Å². The lowest BCUT2D eigenvalue weighted by atomic mass is 10.2. The molecule has 7 nitrogen and oxygen atoms in total. The number of nitrogens with one attached hydrogen (secondary N) is 2. The summed E-state index contributed by atoms with van der Waals surface area (Å²) in [5.74, 6) is 1.36. The Hall–Kier alpha value is -3.27. The first-order valence-electron chi connectivity index (χ1n) is 10.8. The van der Waals surface area contributed by atoms with E-state index in [9.17, 15) is 9.18 Å². The van der Waals surface area contributed by atoms with E-state index >= 15 is 0 Å². The van der Waals surface area contributed by atoms with Crippen LogP contribution in [0.4, 0.5) is 14.9 Å². The number of halogens is 3. The van der Waals surface area contributed by atoms with Crippen molar-refractivity contribution in [2.45, 2.75) is 24.4 Å². The number of benzene rings is 3. The molecule has 0 fully saturated rings. The summed E-state index contributed by atoms with van der Waals surface area (Å²) in [6, 6.07) is 16.8. The van der Waals surface area contributed by atoms with E-state index in [0.29, 0.717) is 27.4 Å². The molecule has 0 spiro atoms. The van der Waals surface area contributed by atoms with E-state index in [1.807, 2.05) is 54.0 Å². The monoisotopic (exact) mass is 545 g/mol. The molecule has 0 unspecified atom stereocenters. The molecule has 4 rings (SSSR count). The fourth-order valence-electron chi connectivity index (χ4n) is 3.39. The van der Waals surface area contributed by atoms with Crippen molar-refractivity contribution < 1.29 is 13.9 Å². The van der Waals surface area contributed by atoms with Gasteiger partial charge in [0, 0.05) is 16.5 Å². The molecule has 1 heterocycles. The number of thioether (sulfide) groups is 1. The van der Waals surface area contributed by atoms with Crippen LogP contribution in [0, 0.1) is 12.7 Å². The fourth-order valence-corrected chi connectivity index (χ4v) is 4.65. The lowest BCUT2D eigenvalue weighted by molar-refractivity contribution is 0.251. The number of aromatic nitrogens is 3. The Bertz CT molecular complexity index is 1400. The van der Waals surface area contributed by atoms with Crippen LogP contribution in [0.15, 0.2) is 65.8 Å². The smallest absolute Gasteiger partial charge is 0.319 e. The Balaban J connectivity index is 1.55. The quantitative estimate of drug-likeness (QED) is 0.242. The van der Waals surface area contributed by atoms with E-state index in [1.165, 1.54) is 30.0 Å². The summed E-state index contributed by atoms with van der Waals surface area (Å²) in [6.45, 7) is 2.05. The van der Waals surface area contributed by atoms with Gasteiger partial charge in [-0.3, -0.25) is 4.57 Å². The van der Waals surface area contributed by atoms with Crippen molar-refractivity contribution >= 4 is 46.7 Å². The second kappa shape index (κ2) is 11.6. The normalized spacial score (nSPS) is 10.8. The Morgan fingerprint density at radius 2 is 1.94 bits per heavy atom. The Kier molecular flexibility index (Phi) is 8.35. The van der Waals surface area contributed by atoms with Gasteiger partial charge in [0.25, 0.3) is 0 Å². The van der Waals surface area contributed by atoms with E-state index in [-0.39, 0.29) is 11.6 Å². The van der Waals surface area contributed by atoms with Crippen LogP contribution in [0.5, 0.6) is 5.75 Å². The van der Waals surface area contributed by atoms with Crippen molar-refractivity contribution in [2.75, 3.05) is 12.4 Å². The van der Waals surface area contributed by atoms with E-state index in [1.54, 1.807) is 7.11 Å². The zero-order valence-electron chi connectivity index (χ0n) is 19.4. The van der Waals surface area contributed by atoms with Gasteiger partial charge in [-0.1, -0.05) is 53.2 Å². The first kappa shape index (κ1) is 25.8. The van der Waals surface area contributed by atoms with Crippen molar-refractivity contribution in [1.82, 2.24) is 20.1 Å². The number of aryl methyl sites for hydroxylation is 1. The molecule has 0 aliphatic carbocycles. The molecule has 0 atom stereocenters. The average Bonchev–Trinajstić information content (AvgIpc) is 3.28. The summed E-state index contributed by atoms with van der Waals surface area (Å²) in [7, 11) is 1.63. The van der Waals surface area contributed by atoms with Gasteiger partial charge < -0.3 is 15.4 Å². The molecule has 0 radical (unpaired) electrons. The van der Waals surface area contributed by atoms with Gasteiger partial charge in [0.1, 0.15) is 11.6 Å². The molecular formula is C25H22Cl2FN5O2S. The van der Waals surface area contributed by atoms with Crippen LogP contribution in [0.3, 0.4) is 0 Å². The third kappa shape index (κ3) is 6.29. The number of ether oxygens (including phenoxy) is 1. The van der Waals surface area contributed by atoms with E-state index in [4.69, 9.17) is 27.9 Å². The molecule has 2 N–H and O–H groups in total. The van der Waals surface area contributed by atoms with Crippen LogP contribution < -0.4 is 15.4 Å². The maximum Gasteiger partial charge on any atom is 0.319 e. The van der Waals surface area contributed by atoms with Gasteiger partial charge in [0.15, 0.2) is 11.0 Å². The van der Waals surface area contributed by atoms with Crippen LogP contribution in [-0.2, 0) is 12.3 Å². The van der Waals surface area contributed by atoms with Gasteiger partial charge in [-0.25, -0.2) is 9.18 Å². The van der Waals surface area contributed by atoms with Gasteiger partial charge in [-0.2, -0.15) is 0 Å². The topological polar surface area (TPSA) is 81.1 Å². The molecule has 0 aliphatic rings. The van der Waals surface area contributed by atoms with Gasteiger partial charge in [-0.15, -0.1) is 10.2 Å². The Morgan fingerprint density at radius 3 is 2.72 bits per heavy atom. The number of nitrogens with zero attached hydrogens (tertiary/aromatic N) is 3. The van der Waals surface area contributed by atoms with E-state index in [2.05, 4.69) is 20.8 Å². The van der Waals surface area contributed by atoms with Gasteiger partial charge in [0.05, 0.1) is 24.4 Å². The van der Waals surface area contributed by atoms with Gasteiger partial charge >= 0.3 is 6.03 Å². The lowest BCUT2D eigenvalue weighted by Crippen LogP contribution is -2.29. The Labute approximate surface area is 222 Å². The van der Waals surface area contributed by atoms with E-state index in [0.717, 1.165) is 22.6 Å². The van der Waals surface area contributed by atoms with Crippen LogP contribution in [-0.4, -0.2) is 27.9 Å². The van der Waals surface area contributed by atoms with Crippen molar-refractivity contribution in [1.29, 1.82) is 0 Å². The Morgan fingerprint density at radius 1 is 1.11 bits per heavy atom. The molecule has 1 aromatic heterocycles. The molecule has 2 amide bonds. The van der Waals surface area contributed by atoms with Crippen molar-refractivity contribution in [2.24, 2.45) is 0 Å². The number of anilines is 1. The number of methoxy groups -OCH3 is 1. The summed E-state index contributed by atoms with van der Waals surface area (Å²) >= 11 is 13.6. The van der Waals surface area contributed by atoms with Gasteiger partial charge in [-0.05, 0) is 60.5 Å². The van der Waals surface area contributed by atoms with Crippen molar-refractivity contribution in [3.63, 3.8) is 0 Å². The zero-order chi connectivity index (χ0) is 25.7. The second-order valence-corrected chi connectivity index (χ2v) is 9.53.